The highest BCUT2D eigenvalue weighted by Crippen LogP contribution is 2.43. The predicted molar refractivity (Wildman–Crippen MR) is 142 cm³/mol. The fourth-order valence-corrected chi connectivity index (χ4v) is 4.79. The summed E-state index contributed by atoms with van der Waals surface area (Å²) >= 11 is 0. The van der Waals surface area contributed by atoms with E-state index in [2.05, 4.69) is 0 Å². The number of aromatic hydroxyl groups is 2. The van der Waals surface area contributed by atoms with Crippen LogP contribution < -0.4 is 5.43 Å². The Kier molecular flexibility index (Phi) is 8.81. The van der Waals surface area contributed by atoms with Crippen LogP contribution in [0.5, 0.6) is 11.5 Å². The highest BCUT2D eigenvalue weighted by atomic mass is 16.7. The van der Waals surface area contributed by atoms with Gasteiger partial charge in [0.1, 0.15) is 42.2 Å². The van der Waals surface area contributed by atoms with Crippen LogP contribution in [0.2, 0.25) is 0 Å². The molecule has 0 spiro atoms. The maximum absolute atomic E-state index is 13.5. The molecule has 5 atom stereocenters. The van der Waals surface area contributed by atoms with E-state index in [1.54, 1.807) is 0 Å². The zero-order chi connectivity index (χ0) is 30.7. The fraction of sp³-hybridized carbons (Fsp3) is 0.345. The van der Waals surface area contributed by atoms with Gasteiger partial charge in [-0.1, -0.05) is 12.1 Å². The lowest BCUT2D eigenvalue weighted by Gasteiger charge is -2.44. The highest BCUT2D eigenvalue weighted by molar-refractivity contribution is 5.86. The summed E-state index contributed by atoms with van der Waals surface area (Å²) in [5.74, 6) is -3.57. The molecule has 0 unspecified atom stereocenters. The van der Waals surface area contributed by atoms with E-state index in [9.17, 15) is 34.2 Å². The second-order valence-electron chi connectivity index (χ2n) is 9.52. The molecule has 0 bridgehead atoms. The average Bonchev–Trinajstić information content (AvgIpc) is 2.90. The zero-order valence-corrected chi connectivity index (χ0v) is 23.0. The van der Waals surface area contributed by atoms with Crippen LogP contribution in [-0.2, 0) is 42.9 Å². The largest absolute Gasteiger partial charge is 0.508 e. The molecule has 2 heterocycles. The Bertz CT molecular complexity index is 1570. The van der Waals surface area contributed by atoms with Gasteiger partial charge >= 0.3 is 23.9 Å². The summed E-state index contributed by atoms with van der Waals surface area (Å²) in [7, 11) is 0. The Balaban J connectivity index is 1.92. The summed E-state index contributed by atoms with van der Waals surface area (Å²) in [4.78, 5) is 61.5. The molecule has 0 aliphatic carbocycles. The molecule has 1 fully saturated rings. The molecule has 13 heteroatoms. The van der Waals surface area contributed by atoms with E-state index in [-0.39, 0.29) is 27.8 Å². The lowest BCUT2D eigenvalue weighted by Crippen LogP contribution is -2.59. The first-order chi connectivity index (χ1) is 19.9. The summed E-state index contributed by atoms with van der Waals surface area (Å²) in [6.45, 7) is 3.93. The molecule has 222 valence electrons. The molecule has 1 aliphatic rings. The van der Waals surface area contributed by atoms with Gasteiger partial charge in [0.15, 0.2) is 18.3 Å². The second-order valence-corrected chi connectivity index (χ2v) is 9.52. The van der Waals surface area contributed by atoms with Gasteiger partial charge in [0.25, 0.3) is 0 Å². The van der Waals surface area contributed by atoms with Crippen molar-refractivity contribution < 1.29 is 57.5 Å². The quantitative estimate of drug-likeness (QED) is 0.305. The van der Waals surface area contributed by atoms with Crippen molar-refractivity contribution in [3.8, 4) is 22.6 Å². The summed E-state index contributed by atoms with van der Waals surface area (Å²) in [5, 5.41) is 20.6. The topological polar surface area (TPSA) is 185 Å². The van der Waals surface area contributed by atoms with Gasteiger partial charge < -0.3 is 38.3 Å². The number of rotatable bonds is 7. The van der Waals surface area contributed by atoms with Crippen LogP contribution in [0.15, 0.2) is 51.9 Å². The van der Waals surface area contributed by atoms with Gasteiger partial charge in [0, 0.05) is 27.7 Å². The van der Waals surface area contributed by atoms with Crippen molar-refractivity contribution in [2.75, 3.05) is 6.61 Å². The number of esters is 4. The van der Waals surface area contributed by atoms with Crippen LogP contribution in [0.1, 0.15) is 39.4 Å². The van der Waals surface area contributed by atoms with Gasteiger partial charge in [-0.3, -0.25) is 24.0 Å². The number of carbonyl (C=O) groups is 4. The Morgan fingerprint density at radius 3 is 1.98 bits per heavy atom. The smallest absolute Gasteiger partial charge is 0.303 e. The molecule has 3 aromatic rings. The molecule has 0 radical (unpaired) electrons. The van der Waals surface area contributed by atoms with Crippen molar-refractivity contribution in [1.82, 2.24) is 0 Å². The third-order valence-corrected chi connectivity index (χ3v) is 6.41. The van der Waals surface area contributed by atoms with E-state index in [1.807, 2.05) is 0 Å². The van der Waals surface area contributed by atoms with Crippen LogP contribution in [0.4, 0.5) is 0 Å². The SMILES string of the molecule is CC(=O)OC[C@H]1O[C@@H](c2c(O)ccc3c(=O)c(-c4ccc(O)cc4)coc23)[C@H](OC(C)=O)[C@@H](OC(C)=O)[C@@H]1OC(C)=O. The maximum atomic E-state index is 13.5. The predicted octanol–water partition coefficient (Wildman–Crippen LogP) is 2.67. The van der Waals surface area contributed by atoms with E-state index in [4.69, 9.17) is 28.1 Å². The van der Waals surface area contributed by atoms with Crippen molar-refractivity contribution in [2.24, 2.45) is 0 Å². The Hall–Kier alpha value is -4.91. The van der Waals surface area contributed by atoms with Gasteiger partial charge in [-0.2, -0.15) is 0 Å². The number of hydrogen-bond acceptors (Lipinski definition) is 13. The van der Waals surface area contributed by atoms with Crippen molar-refractivity contribution in [1.29, 1.82) is 0 Å². The number of phenolic OH excluding ortho intramolecular Hbond substituents is 2. The van der Waals surface area contributed by atoms with Gasteiger partial charge in [0.05, 0.1) is 16.5 Å². The van der Waals surface area contributed by atoms with E-state index < -0.39 is 72.2 Å². The number of ether oxygens (including phenoxy) is 5. The standard InChI is InChI=1S/C29H28O13/c1-13(30)37-12-22-26(39-14(2)31)28(40-15(3)32)29(41-16(4)33)27(42-22)23-21(35)10-9-19-24(36)20(11-38-25(19)23)17-5-7-18(34)8-6-17/h5-11,22,26-29,34-35H,12H2,1-4H3/t22-,26-,27+,28+,29+/m1/s1. The minimum absolute atomic E-state index is 0.000191. The maximum Gasteiger partial charge on any atom is 0.303 e. The first kappa shape index (κ1) is 30.1. The van der Waals surface area contributed by atoms with Gasteiger partial charge in [-0.05, 0) is 29.8 Å². The Morgan fingerprint density at radius 2 is 1.38 bits per heavy atom. The molecule has 13 nitrogen and oxygen atoms in total. The first-order valence-electron chi connectivity index (χ1n) is 12.7. The first-order valence-corrected chi connectivity index (χ1v) is 12.7. The molecular formula is C29H28O13. The summed E-state index contributed by atoms with van der Waals surface area (Å²) < 4.78 is 33.4. The van der Waals surface area contributed by atoms with Crippen molar-refractivity contribution in [2.45, 2.75) is 58.2 Å². The normalized spacial score (nSPS) is 21.8. The van der Waals surface area contributed by atoms with E-state index in [0.717, 1.165) is 34.0 Å². The Morgan fingerprint density at radius 1 is 0.786 bits per heavy atom. The van der Waals surface area contributed by atoms with E-state index in [0.29, 0.717) is 5.56 Å². The van der Waals surface area contributed by atoms with Crippen molar-refractivity contribution >= 4 is 34.8 Å². The Labute approximate surface area is 238 Å². The molecular weight excluding hydrogens is 556 g/mol. The number of hydrogen-bond donors (Lipinski definition) is 2. The number of phenols is 2. The minimum atomic E-state index is -1.53. The molecule has 1 saturated heterocycles. The van der Waals surface area contributed by atoms with Gasteiger partial charge in [-0.25, -0.2) is 0 Å². The molecule has 0 amide bonds. The van der Waals surface area contributed by atoms with Crippen LogP contribution in [0.25, 0.3) is 22.1 Å². The molecule has 42 heavy (non-hydrogen) atoms. The number of carbonyl (C=O) groups excluding carboxylic acids is 4. The van der Waals surface area contributed by atoms with E-state index in [1.165, 1.54) is 36.4 Å². The lowest BCUT2D eigenvalue weighted by molar-refractivity contribution is -0.254. The molecule has 2 aromatic carbocycles. The summed E-state index contributed by atoms with van der Waals surface area (Å²) in [6.07, 6.45) is -6.02. The van der Waals surface area contributed by atoms with Crippen molar-refractivity contribution in [3.05, 3.63) is 58.4 Å². The molecule has 1 aromatic heterocycles. The van der Waals surface area contributed by atoms with Gasteiger partial charge in [-0.15, -0.1) is 0 Å². The molecule has 4 rings (SSSR count). The summed E-state index contributed by atoms with van der Waals surface area (Å²) in [6, 6.07) is 8.39. The number of benzene rings is 2. The van der Waals surface area contributed by atoms with Crippen LogP contribution in [0.3, 0.4) is 0 Å². The summed E-state index contributed by atoms with van der Waals surface area (Å²) in [5.41, 5.74) is -0.164. The minimum Gasteiger partial charge on any atom is -0.508 e. The third kappa shape index (κ3) is 6.36. The van der Waals surface area contributed by atoms with Crippen molar-refractivity contribution in [3.63, 3.8) is 0 Å². The zero-order valence-electron chi connectivity index (χ0n) is 23.0. The average molecular weight is 585 g/mol. The van der Waals surface area contributed by atoms with E-state index >= 15 is 0 Å². The highest BCUT2D eigenvalue weighted by Gasteiger charge is 2.53. The van der Waals surface area contributed by atoms with Gasteiger partial charge in [0.2, 0.25) is 5.43 Å². The second kappa shape index (κ2) is 12.3. The monoisotopic (exact) mass is 584 g/mol. The van der Waals surface area contributed by atoms with Crippen LogP contribution in [-0.4, -0.2) is 65.1 Å². The lowest BCUT2D eigenvalue weighted by atomic mass is 9.89. The van der Waals surface area contributed by atoms with Crippen LogP contribution in [0, 0.1) is 0 Å². The fourth-order valence-electron chi connectivity index (χ4n) is 4.79. The number of fused-ring (bicyclic) bond motifs is 1. The molecule has 2 N–H and O–H groups in total. The molecule has 1 aliphatic heterocycles. The third-order valence-electron chi connectivity index (χ3n) is 6.41. The molecule has 0 saturated carbocycles. The van der Waals surface area contributed by atoms with Crippen LogP contribution >= 0.6 is 0 Å².